The van der Waals surface area contributed by atoms with Gasteiger partial charge in [0.15, 0.2) is 0 Å². The fraction of sp³-hybridized carbons (Fsp3) is 0.0417. The molecule has 0 spiro atoms. The summed E-state index contributed by atoms with van der Waals surface area (Å²) in [7, 11) is 0. The zero-order valence-corrected chi connectivity index (χ0v) is 17.8. The van der Waals surface area contributed by atoms with Crippen molar-refractivity contribution in [3.05, 3.63) is 106 Å². The fourth-order valence-electron chi connectivity index (χ4n) is 2.60. The molecule has 5 nitrogen and oxygen atoms in total. The first kappa shape index (κ1) is 21.2. The Balaban J connectivity index is 1.68. The van der Waals surface area contributed by atoms with E-state index in [1.807, 2.05) is 49.4 Å². The van der Waals surface area contributed by atoms with Gasteiger partial charge in [0.1, 0.15) is 5.75 Å². The molecule has 0 saturated carbocycles. The normalized spacial score (nSPS) is 11.0. The summed E-state index contributed by atoms with van der Waals surface area (Å²) in [6, 6.07) is 21.8. The number of hydrogen-bond donors (Lipinski definition) is 1. The topological polar surface area (TPSA) is 67.8 Å². The van der Waals surface area contributed by atoms with Gasteiger partial charge in [0.2, 0.25) is 0 Å². The van der Waals surface area contributed by atoms with Crippen LogP contribution in [0.15, 0.2) is 88.4 Å². The van der Waals surface area contributed by atoms with Crippen molar-refractivity contribution in [2.45, 2.75) is 6.92 Å². The number of amides is 1. The number of carbonyl (C=O) groups is 2. The zero-order valence-electron chi connectivity index (χ0n) is 16.2. The predicted molar refractivity (Wildman–Crippen MR) is 121 cm³/mol. The summed E-state index contributed by atoms with van der Waals surface area (Å²) >= 11 is 3.39. The second-order valence-electron chi connectivity index (χ2n) is 6.42. The van der Waals surface area contributed by atoms with Crippen molar-refractivity contribution in [3.63, 3.8) is 0 Å². The number of hydrogen-bond acceptors (Lipinski definition) is 4. The van der Waals surface area contributed by atoms with Crippen molar-refractivity contribution >= 4 is 40.1 Å². The van der Waals surface area contributed by atoms with Crippen LogP contribution in [0.1, 0.15) is 27.0 Å². The van der Waals surface area contributed by atoms with Crippen LogP contribution < -0.4 is 10.2 Å². The maximum Gasteiger partial charge on any atom is 0.336 e. The molecule has 1 N–H and O–H groups in total. The number of nitrogens with zero attached hydrogens (tertiary/aromatic N) is 1. The highest BCUT2D eigenvalue weighted by atomic mass is 79.9. The molecule has 0 heterocycles. The van der Waals surface area contributed by atoms with Gasteiger partial charge in [-0.3, -0.25) is 4.79 Å². The third-order valence-corrected chi connectivity index (χ3v) is 4.54. The average Bonchev–Trinajstić information content (AvgIpc) is 2.75. The Bertz CT molecular complexity index is 1110. The molecular formula is C24H19BrN2O3. The van der Waals surface area contributed by atoms with E-state index >= 15 is 0 Å². The molecule has 3 rings (SSSR count). The summed E-state index contributed by atoms with van der Waals surface area (Å²) in [5.41, 5.74) is 5.41. The van der Waals surface area contributed by atoms with Gasteiger partial charge < -0.3 is 4.74 Å². The number of ether oxygens (including phenoxy) is 1. The monoisotopic (exact) mass is 462 g/mol. The third kappa shape index (κ3) is 6.25. The quantitative estimate of drug-likeness (QED) is 0.181. The van der Waals surface area contributed by atoms with Crippen molar-refractivity contribution in [1.82, 2.24) is 5.43 Å². The molecular weight excluding hydrogens is 444 g/mol. The summed E-state index contributed by atoms with van der Waals surface area (Å²) in [6.45, 7) is 1.91. The Kier molecular flexibility index (Phi) is 7.29. The van der Waals surface area contributed by atoms with E-state index in [-0.39, 0.29) is 5.91 Å². The van der Waals surface area contributed by atoms with Crippen LogP contribution in [0.5, 0.6) is 5.75 Å². The first-order chi connectivity index (χ1) is 14.5. The van der Waals surface area contributed by atoms with Crippen LogP contribution in [0.4, 0.5) is 0 Å². The number of carbonyl (C=O) groups excluding carboxylic acids is 2. The van der Waals surface area contributed by atoms with Gasteiger partial charge in [-0.2, -0.15) is 5.10 Å². The number of aryl methyl sites for hydroxylation is 1. The maximum atomic E-state index is 12.2. The lowest BCUT2D eigenvalue weighted by molar-refractivity contribution is -0.128. The van der Waals surface area contributed by atoms with Gasteiger partial charge in [-0.1, -0.05) is 64.0 Å². The van der Waals surface area contributed by atoms with Crippen LogP contribution in [0, 0.1) is 6.92 Å². The van der Waals surface area contributed by atoms with Gasteiger partial charge in [-0.25, -0.2) is 10.2 Å². The second kappa shape index (κ2) is 10.3. The number of nitrogens with one attached hydrogen (secondary N) is 1. The highest BCUT2D eigenvalue weighted by molar-refractivity contribution is 9.10. The number of rotatable bonds is 6. The Labute approximate surface area is 183 Å². The van der Waals surface area contributed by atoms with E-state index in [1.165, 1.54) is 12.3 Å². The molecule has 0 aliphatic rings. The maximum absolute atomic E-state index is 12.2. The molecule has 0 unspecified atom stereocenters. The first-order valence-corrected chi connectivity index (χ1v) is 9.95. The van der Waals surface area contributed by atoms with E-state index in [9.17, 15) is 9.59 Å². The highest BCUT2D eigenvalue weighted by Crippen LogP contribution is 2.22. The third-order valence-electron chi connectivity index (χ3n) is 4.04. The molecule has 0 radical (unpaired) electrons. The van der Waals surface area contributed by atoms with Gasteiger partial charge in [0, 0.05) is 21.7 Å². The van der Waals surface area contributed by atoms with Crippen LogP contribution in [-0.2, 0) is 4.79 Å². The largest absolute Gasteiger partial charge is 0.423 e. The number of halogens is 1. The average molecular weight is 463 g/mol. The number of benzene rings is 3. The van der Waals surface area contributed by atoms with E-state index in [1.54, 1.807) is 36.4 Å². The highest BCUT2D eigenvalue weighted by Gasteiger charge is 2.08. The Morgan fingerprint density at radius 2 is 1.80 bits per heavy atom. The van der Waals surface area contributed by atoms with Crippen molar-refractivity contribution < 1.29 is 14.3 Å². The van der Waals surface area contributed by atoms with E-state index in [2.05, 4.69) is 26.5 Å². The van der Waals surface area contributed by atoms with Gasteiger partial charge in [-0.05, 0) is 48.9 Å². The second-order valence-corrected chi connectivity index (χ2v) is 7.33. The molecule has 150 valence electrons. The minimum Gasteiger partial charge on any atom is -0.423 e. The molecule has 3 aromatic rings. The standard InChI is InChI=1S/C24H19BrN2O3/c1-17-6-5-9-19(14-17)24(29)27-26-16-20-15-21(25)11-12-22(20)30-23(28)13-10-18-7-3-2-4-8-18/h2-16H,1H3,(H,27,29)/b13-10+,26-16+. The molecule has 0 aliphatic carbocycles. The number of hydrazone groups is 1. The molecule has 30 heavy (non-hydrogen) atoms. The van der Waals surface area contributed by atoms with Gasteiger partial charge in [0.05, 0.1) is 6.21 Å². The fourth-order valence-corrected chi connectivity index (χ4v) is 2.97. The Hall–Kier alpha value is -3.51. The SMILES string of the molecule is Cc1cccc(C(=O)N/N=C/c2cc(Br)ccc2OC(=O)/C=C/c2ccccc2)c1. The molecule has 0 atom stereocenters. The molecule has 0 aromatic heterocycles. The van der Waals surface area contributed by atoms with E-state index in [4.69, 9.17) is 4.74 Å². The van der Waals surface area contributed by atoms with Crippen molar-refractivity contribution in [1.29, 1.82) is 0 Å². The van der Waals surface area contributed by atoms with Gasteiger partial charge in [-0.15, -0.1) is 0 Å². The Morgan fingerprint density at radius 3 is 2.57 bits per heavy atom. The minimum absolute atomic E-state index is 0.325. The molecule has 3 aromatic carbocycles. The molecule has 0 saturated heterocycles. The summed E-state index contributed by atoms with van der Waals surface area (Å²) in [5, 5.41) is 4.00. The minimum atomic E-state index is -0.514. The molecule has 6 heteroatoms. The van der Waals surface area contributed by atoms with Crippen molar-refractivity contribution in [3.8, 4) is 5.75 Å². The van der Waals surface area contributed by atoms with Crippen LogP contribution >= 0.6 is 15.9 Å². The smallest absolute Gasteiger partial charge is 0.336 e. The van der Waals surface area contributed by atoms with Crippen molar-refractivity contribution in [2.24, 2.45) is 5.10 Å². The van der Waals surface area contributed by atoms with E-state index < -0.39 is 5.97 Å². The van der Waals surface area contributed by atoms with E-state index in [0.717, 1.165) is 15.6 Å². The van der Waals surface area contributed by atoms with Crippen LogP contribution in [-0.4, -0.2) is 18.1 Å². The van der Waals surface area contributed by atoms with Crippen LogP contribution in [0.3, 0.4) is 0 Å². The predicted octanol–water partition coefficient (Wildman–Crippen LogP) is 5.14. The van der Waals surface area contributed by atoms with Crippen LogP contribution in [0.2, 0.25) is 0 Å². The molecule has 0 fully saturated rings. The summed E-state index contributed by atoms with van der Waals surface area (Å²) in [6.07, 6.45) is 4.47. The van der Waals surface area contributed by atoms with Gasteiger partial charge >= 0.3 is 5.97 Å². The number of esters is 1. The summed E-state index contributed by atoms with van der Waals surface area (Å²) in [5.74, 6) is -0.511. The first-order valence-electron chi connectivity index (χ1n) is 9.16. The van der Waals surface area contributed by atoms with Gasteiger partial charge in [0.25, 0.3) is 5.91 Å². The molecule has 0 aliphatic heterocycles. The van der Waals surface area contributed by atoms with Crippen molar-refractivity contribution in [2.75, 3.05) is 0 Å². The lowest BCUT2D eigenvalue weighted by atomic mass is 10.1. The van der Waals surface area contributed by atoms with Crippen LogP contribution in [0.25, 0.3) is 6.08 Å². The zero-order chi connectivity index (χ0) is 21.3. The lowest BCUT2D eigenvalue weighted by Crippen LogP contribution is -2.17. The molecule has 0 bridgehead atoms. The summed E-state index contributed by atoms with van der Waals surface area (Å²) in [4.78, 5) is 24.4. The lowest BCUT2D eigenvalue weighted by Gasteiger charge is -2.06. The summed E-state index contributed by atoms with van der Waals surface area (Å²) < 4.78 is 6.22. The Morgan fingerprint density at radius 1 is 1.00 bits per heavy atom. The van der Waals surface area contributed by atoms with E-state index in [0.29, 0.717) is 16.9 Å². The molecule has 1 amide bonds.